The summed E-state index contributed by atoms with van der Waals surface area (Å²) in [5, 5.41) is 9.00. The van der Waals surface area contributed by atoms with Crippen molar-refractivity contribution in [2.45, 2.75) is 33.2 Å². The Kier molecular flexibility index (Phi) is 3.11. The van der Waals surface area contributed by atoms with Gasteiger partial charge in [0.2, 0.25) is 5.91 Å². The van der Waals surface area contributed by atoms with Crippen LogP contribution in [-0.2, 0) is 11.2 Å². The predicted octanol–water partition coefficient (Wildman–Crippen LogP) is 2.32. The van der Waals surface area contributed by atoms with E-state index in [4.69, 9.17) is 5.11 Å². The van der Waals surface area contributed by atoms with Gasteiger partial charge in [-0.05, 0) is 43.0 Å². The molecular formula is C14H17NO3. The summed E-state index contributed by atoms with van der Waals surface area (Å²) in [5.41, 5.74) is 2.06. The van der Waals surface area contributed by atoms with E-state index in [1.165, 1.54) is 0 Å². The molecule has 1 heterocycles. The maximum absolute atomic E-state index is 11.7. The highest BCUT2D eigenvalue weighted by molar-refractivity contribution is 5.95. The van der Waals surface area contributed by atoms with Crippen LogP contribution in [0.5, 0.6) is 0 Å². The zero-order chi connectivity index (χ0) is 13.4. The Hall–Kier alpha value is -1.84. The minimum absolute atomic E-state index is 0.00150. The lowest BCUT2D eigenvalue weighted by Crippen LogP contribution is -2.45. The smallest absolute Gasteiger partial charge is 0.335 e. The zero-order valence-corrected chi connectivity index (χ0v) is 10.8. The van der Waals surface area contributed by atoms with Gasteiger partial charge < -0.3 is 10.0 Å². The predicted molar refractivity (Wildman–Crippen MR) is 68.9 cm³/mol. The second-order valence-electron chi connectivity index (χ2n) is 4.96. The molecule has 0 saturated heterocycles. The average Bonchev–Trinajstić information content (AvgIpc) is 2.29. The summed E-state index contributed by atoms with van der Waals surface area (Å²) in [6, 6.07) is 5.11. The first-order valence-corrected chi connectivity index (χ1v) is 6.08. The number of carboxylic acids is 1. The number of carbonyl (C=O) groups is 2. The Bertz CT molecular complexity index is 510. The van der Waals surface area contributed by atoms with Crippen molar-refractivity contribution >= 4 is 17.6 Å². The van der Waals surface area contributed by atoms with Crippen LogP contribution < -0.4 is 4.90 Å². The van der Waals surface area contributed by atoms with E-state index in [1.807, 2.05) is 6.92 Å². The SMILES string of the molecule is CC(=O)N1c2ccc(C(=O)O)cc2CC(C)[C@@H]1C. The van der Waals surface area contributed by atoms with Crippen molar-refractivity contribution in [3.05, 3.63) is 29.3 Å². The van der Waals surface area contributed by atoms with Crippen LogP contribution in [-0.4, -0.2) is 23.0 Å². The average molecular weight is 247 g/mol. The van der Waals surface area contributed by atoms with Crippen molar-refractivity contribution < 1.29 is 14.7 Å². The molecule has 2 rings (SSSR count). The Morgan fingerprint density at radius 3 is 2.56 bits per heavy atom. The molecule has 1 amide bonds. The standard InChI is InChI=1S/C14H17NO3/c1-8-6-12-7-11(14(17)18)4-5-13(12)15(9(8)2)10(3)16/h4-5,7-9H,6H2,1-3H3,(H,17,18)/t8?,9-/m0/s1. The second kappa shape index (κ2) is 4.44. The fourth-order valence-corrected chi connectivity index (χ4v) is 2.56. The van der Waals surface area contributed by atoms with Gasteiger partial charge in [0.05, 0.1) is 5.56 Å². The molecule has 0 aliphatic carbocycles. The third kappa shape index (κ3) is 1.98. The highest BCUT2D eigenvalue weighted by Gasteiger charge is 2.31. The number of carboxylic acid groups (broad SMARTS) is 1. The molecule has 0 spiro atoms. The molecular weight excluding hydrogens is 230 g/mol. The second-order valence-corrected chi connectivity index (χ2v) is 4.96. The third-order valence-electron chi connectivity index (χ3n) is 3.70. The normalized spacial score (nSPS) is 22.5. The van der Waals surface area contributed by atoms with Crippen LogP contribution in [0.15, 0.2) is 18.2 Å². The summed E-state index contributed by atoms with van der Waals surface area (Å²) in [4.78, 5) is 24.5. The number of fused-ring (bicyclic) bond motifs is 1. The maximum atomic E-state index is 11.7. The minimum atomic E-state index is -0.932. The van der Waals surface area contributed by atoms with Gasteiger partial charge in [-0.15, -0.1) is 0 Å². The fourth-order valence-electron chi connectivity index (χ4n) is 2.56. The number of anilines is 1. The molecule has 1 unspecified atom stereocenters. The lowest BCUT2D eigenvalue weighted by molar-refractivity contribution is -0.117. The van der Waals surface area contributed by atoms with Crippen molar-refractivity contribution in [3.8, 4) is 0 Å². The molecule has 1 aromatic carbocycles. The maximum Gasteiger partial charge on any atom is 0.335 e. The Morgan fingerprint density at radius 2 is 2.00 bits per heavy atom. The minimum Gasteiger partial charge on any atom is -0.478 e. The van der Waals surface area contributed by atoms with Gasteiger partial charge in [0.25, 0.3) is 0 Å². The number of amides is 1. The number of aromatic carboxylic acids is 1. The van der Waals surface area contributed by atoms with Gasteiger partial charge in [0, 0.05) is 18.7 Å². The summed E-state index contributed by atoms with van der Waals surface area (Å²) in [5.74, 6) is -0.609. The number of rotatable bonds is 1. The molecule has 0 bridgehead atoms. The van der Waals surface area contributed by atoms with E-state index in [1.54, 1.807) is 30.0 Å². The first kappa shape index (κ1) is 12.6. The van der Waals surface area contributed by atoms with Crippen molar-refractivity contribution in [3.63, 3.8) is 0 Å². The van der Waals surface area contributed by atoms with E-state index in [2.05, 4.69) is 6.92 Å². The largest absolute Gasteiger partial charge is 0.478 e. The number of benzene rings is 1. The van der Waals surface area contributed by atoms with Crippen LogP contribution in [0.1, 0.15) is 36.7 Å². The van der Waals surface area contributed by atoms with Gasteiger partial charge in [0.1, 0.15) is 0 Å². The van der Waals surface area contributed by atoms with Crippen LogP contribution in [0.2, 0.25) is 0 Å². The first-order chi connectivity index (χ1) is 8.41. The van der Waals surface area contributed by atoms with Crippen LogP contribution in [0.3, 0.4) is 0 Å². The van der Waals surface area contributed by atoms with Crippen molar-refractivity contribution in [2.24, 2.45) is 5.92 Å². The third-order valence-corrected chi connectivity index (χ3v) is 3.70. The summed E-state index contributed by atoms with van der Waals surface area (Å²) in [7, 11) is 0. The van der Waals surface area contributed by atoms with Crippen molar-refractivity contribution in [1.29, 1.82) is 0 Å². The van der Waals surface area contributed by atoms with Crippen LogP contribution in [0, 0.1) is 5.92 Å². The summed E-state index contributed by atoms with van der Waals surface area (Å²) >= 11 is 0. The van der Waals surface area contributed by atoms with E-state index in [0.29, 0.717) is 5.92 Å². The van der Waals surface area contributed by atoms with Crippen molar-refractivity contribution in [2.75, 3.05) is 4.90 Å². The Balaban J connectivity index is 2.52. The molecule has 1 aliphatic rings. The van der Waals surface area contributed by atoms with E-state index in [0.717, 1.165) is 17.7 Å². The monoisotopic (exact) mass is 247 g/mol. The number of hydrogen-bond acceptors (Lipinski definition) is 2. The Morgan fingerprint density at radius 1 is 1.33 bits per heavy atom. The van der Waals surface area contributed by atoms with Crippen LogP contribution >= 0.6 is 0 Å². The number of hydrogen-bond donors (Lipinski definition) is 1. The highest BCUT2D eigenvalue weighted by Crippen LogP contribution is 2.34. The summed E-state index contributed by atoms with van der Waals surface area (Å²) in [6.45, 7) is 5.65. The molecule has 0 fully saturated rings. The van der Waals surface area contributed by atoms with E-state index < -0.39 is 5.97 Å². The molecule has 0 radical (unpaired) electrons. The topological polar surface area (TPSA) is 57.6 Å². The van der Waals surface area contributed by atoms with Gasteiger partial charge >= 0.3 is 5.97 Å². The lowest BCUT2D eigenvalue weighted by Gasteiger charge is -2.39. The molecule has 18 heavy (non-hydrogen) atoms. The fraction of sp³-hybridized carbons (Fsp3) is 0.429. The highest BCUT2D eigenvalue weighted by atomic mass is 16.4. The summed E-state index contributed by atoms with van der Waals surface area (Å²) < 4.78 is 0. The van der Waals surface area contributed by atoms with Gasteiger partial charge in [-0.2, -0.15) is 0 Å². The molecule has 4 nitrogen and oxygen atoms in total. The van der Waals surface area contributed by atoms with Crippen LogP contribution in [0.4, 0.5) is 5.69 Å². The summed E-state index contributed by atoms with van der Waals surface area (Å²) in [6.07, 6.45) is 0.807. The lowest BCUT2D eigenvalue weighted by atomic mass is 9.87. The molecule has 2 atom stereocenters. The zero-order valence-electron chi connectivity index (χ0n) is 10.8. The molecule has 4 heteroatoms. The quantitative estimate of drug-likeness (QED) is 0.828. The van der Waals surface area contributed by atoms with E-state index in [-0.39, 0.29) is 17.5 Å². The van der Waals surface area contributed by atoms with Gasteiger partial charge in [-0.25, -0.2) is 4.79 Å². The van der Waals surface area contributed by atoms with Gasteiger partial charge in [-0.3, -0.25) is 4.79 Å². The molecule has 96 valence electrons. The van der Waals surface area contributed by atoms with Crippen LogP contribution in [0.25, 0.3) is 0 Å². The van der Waals surface area contributed by atoms with Gasteiger partial charge in [-0.1, -0.05) is 6.92 Å². The van der Waals surface area contributed by atoms with E-state index >= 15 is 0 Å². The molecule has 0 saturated carbocycles. The van der Waals surface area contributed by atoms with Crippen molar-refractivity contribution in [1.82, 2.24) is 0 Å². The number of nitrogens with zero attached hydrogens (tertiary/aromatic N) is 1. The molecule has 1 N–H and O–H groups in total. The first-order valence-electron chi connectivity index (χ1n) is 6.08. The number of carbonyl (C=O) groups excluding carboxylic acids is 1. The Labute approximate surface area is 106 Å². The molecule has 1 aromatic rings. The van der Waals surface area contributed by atoms with E-state index in [9.17, 15) is 9.59 Å². The molecule has 0 aromatic heterocycles. The van der Waals surface area contributed by atoms with Gasteiger partial charge in [0.15, 0.2) is 0 Å². The molecule has 1 aliphatic heterocycles.